The number of carbonyl (C=O) groups is 5. The Bertz CT molecular complexity index is 1190. The zero-order valence-electron chi connectivity index (χ0n) is 20.4. The number of amides is 3. The van der Waals surface area contributed by atoms with Gasteiger partial charge in [-0.25, -0.2) is 9.59 Å². The largest absolute Gasteiger partial charge is 0.462 e. The minimum absolute atomic E-state index is 0.0559. The van der Waals surface area contributed by atoms with Crippen LogP contribution in [0.5, 0.6) is 0 Å². The van der Waals surface area contributed by atoms with E-state index in [0.29, 0.717) is 5.56 Å². The lowest BCUT2D eigenvalue weighted by Crippen LogP contribution is -2.45. The quantitative estimate of drug-likeness (QED) is 0.433. The van der Waals surface area contributed by atoms with Crippen molar-refractivity contribution in [2.45, 2.75) is 65.0 Å². The number of fused-ring (bicyclic) bond motifs is 1. The summed E-state index contributed by atoms with van der Waals surface area (Å²) in [4.78, 5) is 65.5. The van der Waals surface area contributed by atoms with Crippen molar-refractivity contribution in [2.24, 2.45) is 0 Å². The molecule has 1 unspecified atom stereocenters. The molecule has 1 atom stereocenters. The minimum atomic E-state index is -1.16. The van der Waals surface area contributed by atoms with Gasteiger partial charge >= 0.3 is 11.9 Å². The Labute approximate surface area is 212 Å². The summed E-state index contributed by atoms with van der Waals surface area (Å²) in [7, 11) is 0. The van der Waals surface area contributed by atoms with Crippen molar-refractivity contribution in [3.05, 3.63) is 51.4 Å². The molecule has 1 aliphatic carbocycles. The molecule has 1 saturated carbocycles. The lowest BCUT2D eigenvalue weighted by molar-refractivity contribution is -0.119. The molecule has 0 spiro atoms. The average Bonchev–Trinajstić information content (AvgIpc) is 3.32. The summed E-state index contributed by atoms with van der Waals surface area (Å²) in [5, 5.41) is 2.75. The summed E-state index contributed by atoms with van der Waals surface area (Å²) in [6, 6.07) is 5.20. The first kappa shape index (κ1) is 25.6. The number of nitrogens with one attached hydrogen (secondary N) is 1. The van der Waals surface area contributed by atoms with Gasteiger partial charge < -0.3 is 14.8 Å². The third kappa shape index (κ3) is 4.77. The Hall–Kier alpha value is -3.53. The first-order valence-corrected chi connectivity index (χ1v) is 12.9. The fourth-order valence-electron chi connectivity index (χ4n) is 4.53. The van der Waals surface area contributed by atoms with E-state index in [0.717, 1.165) is 48.3 Å². The normalized spacial score (nSPS) is 16.5. The van der Waals surface area contributed by atoms with Crippen molar-refractivity contribution in [1.82, 2.24) is 4.90 Å². The molecule has 1 N–H and O–H groups in total. The van der Waals surface area contributed by atoms with Crippen LogP contribution in [-0.4, -0.2) is 53.3 Å². The van der Waals surface area contributed by atoms with E-state index >= 15 is 0 Å². The number of hydrogen-bond acceptors (Lipinski definition) is 8. The molecule has 0 saturated heterocycles. The molecular weight excluding hydrogens is 484 g/mol. The molecule has 2 heterocycles. The second-order valence-corrected chi connectivity index (χ2v) is 9.86. The predicted molar refractivity (Wildman–Crippen MR) is 132 cm³/mol. The number of rotatable bonds is 7. The van der Waals surface area contributed by atoms with Crippen molar-refractivity contribution in [3.63, 3.8) is 0 Å². The molecule has 1 aromatic heterocycles. The Morgan fingerprint density at radius 3 is 2.25 bits per heavy atom. The third-order valence-electron chi connectivity index (χ3n) is 6.47. The highest BCUT2D eigenvalue weighted by molar-refractivity contribution is 7.18. The van der Waals surface area contributed by atoms with Gasteiger partial charge in [0.1, 0.15) is 22.0 Å². The van der Waals surface area contributed by atoms with E-state index in [2.05, 4.69) is 5.32 Å². The molecule has 0 bridgehead atoms. The number of hydrogen-bond donors (Lipinski definition) is 1. The highest BCUT2D eigenvalue weighted by Crippen LogP contribution is 2.36. The monoisotopic (exact) mass is 512 g/mol. The number of nitrogens with zero attached hydrogens (tertiary/aromatic N) is 1. The first-order chi connectivity index (χ1) is 17.2. The SMILES string of the molecule is CCOC(=O)c1c(NC(=O)C(C)N2C(=O)c3ccccc3C2=O)sc(C(=O)OC2CCCCC2)c1C. The van der Waals surface area contributed by atoms with Crippen LogP contribution >= 0.6 is 11.3 Å². The summed E-state index contributed by atoms with van der Waals surface area (Å²) < 4.78 is 10.8. The molecule has 1 aliphatic heterocycles. The summed E-state index contributed by atoms with van der Waals surface area (Å²) >= 11 is 0.919. The molecule has 2 aliphatic rings. The van der Waals surface area contributed by atoms with Gasteiger partial charge in [-0.15, -0.1) is 11.3 Å². The molecule has 4 rings (SSSR count). The van der Waals surface area contributed by atoms with E-state index in [9.17, 15) is 24.0 Å². The summed E-state index contributed by atoms with van der Waals surface area (Å²) in [6.07, 6.45) is 4.51. The van der Waals surface area contributed by atoms with Gasteiger partial charge in [0, 0.05) is 0 Å². The van der Waals surface area contributed by atoms with Gasteiger partial charge in [-0.05, 0) is 64.2 Å². The highest BCUT2D eigenvalue weighted by atomic mass is 32.1. The lowest BCUT2D eigenvalue weighted by atomic mass is 9.98. The zero-order valence-corrected chi connectivity index (χ0v) is 21.2. The molecule has 3 amide bonds. The number of benzene rings is 1. The fraction of sp³-hybridized carbons (Fsp3) is 0.423. The number of carbonyl (C=O) groups excluding carboxylic acids is 5. The molecule has 10 heteroatoms. The Morgan fingerprint density at radius 1 is 1.06 bits per heavy atom. The minimum Gasteiger partial charge on any atom is -0.462 e. The topological polar surface area (TPSA) is 119 Å². The molecule has 9 nitrogen and oxygen atoms in total. The van der Waals surface area contributed by atoms with Crippen LogP contribution in [0, 0.1) is 6.92 Å². The second kappa shape index (κ2) is 10.6. The van der Waals surface area contributed by atoms with Crippen LogP contribution in [-0.2, 0) is 14.3 Å². The molecule has 0 radical (unpaired) electrons. The van der Waals surface area contributed by atoms with Crippen molar-refractivity contribution < 1.29 is 33.4 Å². The fourth-order valence-corrected chi connectivity index (χ4v) is 5.61. The molecule has 2 aromatic rings. The third-order valence-corrected chi connectivity index (χ3v) is 7.65. The lowest BCUT2D eigenvalue weighted by Gasteiger charge is -2.21. The van der Waals surface area contributed by atoms with Crippen LogP contribution in [0.1, 0.15) is 92.3 Å². The highest BCUT2D eigenvalue weighted by Gasteiger charge is 2.41. The van der Waals surface area contributed by atoms with Crippen molar-refractivity contribution in [1.29, 1.82) is 0 Å². The van der Waals surface area contributed by atoms with Gasteiger partial charge in [-0.2, -0.15) is 0 Å². The summed E-state index contributed by atoms with van der Waals surface area (Å²) in [5.41, 5.74) is 0.867. The smallest absolute Gasteiger partial charge is 0.348 e. The molecular formula is C26H28N2O7S. The average molecular weight is 513 g/mol. The van der Waals surface area contributed by atoms with Gasteiger partial charge in [0.25, 0.3) is 11.8 Å². The van der Waals surface area contributed by atoms with Crippen molar-refractivity contribution in [2.75, 3.05) is 11.9 Å². The number of anilines is 1. The van der Waals surface area contributed by atoms with Crippen LogP contribution < -0.4 is 5.32 Å². The van der Waals surface area contributed by atoms with Gasteiger partial charge in [0.15, 0.2) is 0 Å². The number of thiophene rings is 1. The first-order valence-electron chi connectivity index (χ1n) is 12.0. The number of ether oxygens (including phenoxy) is 2. The number of esters is 2. The summed E-state index contributed by atoms with van der Waals surface area (Å²) in [6.45, 7) is 4.79. The predicted octanol–water partition coefficient (Wildman–Crippen LogP) is 4.35. The maximum Gasteiger partial charge on any atom is 0.348 e. The van der Waals surface area contributed by atoms with E-state index in [1.165, 1.54) is 19.1 Å². The van der Waals surface area contributed by atoms with Gasteiger partial charge in [0.2, 0.25) is 5.91 Å². The Kier molecular flexibility index (Phi) is 7.53. The standard InChI is InChI=1S/C26H28N2O7S/c1-4-34-25(32)19-14(2)20(26(33)35-16-10-6-5-7-11-16)36-22(19)27-21(29)15(3)28-23(30)17-12-8-9-13-18(17)24(28)31/h8-9,12-13,15-16H,4-7,10-11H2,1-3H3,(H,27,29). The molecule has 36 heavy (non-hydrogen) atoms. The zero-order chi connectivity index (χ0) is 26.0. The molecule has 1 fully saturated rings. The van der Waals surface area contributed by atoms with Crippen LogP contribution in [0.15, 0.2) is 24.3 Å². The second-order valence-electron chi connectivity index (χ2n) is 8.84. The van der Waals surface area contributed by atoms with E-state index < -0.39 is 35.7 Å². The maximum atomic E-state index is 13.2. The van der Waals surface area contributed by atoms with Crippen LogP contribution in [0.2, 0.25) is 0 Å². The van der Waals surface area contributed by atoms with Crippen LogP contribution in [0.4, 0.5) is 5.00 Å². The van der Waals surface area contributed by atoms with E-state index in [4.69, 9.17) is 9.47 Å². The van der Waals surface area contributed by atoms with Gasteiger partial charge in [-0.3, -0.25) is 19.3 Å². The van der Waals surface area contributed by atoms with Crippen LogP contribution in [0.25, 0.3) is 0 Å². The van der Waals surface area contributed by atoms with E-state index in [-0.39, 0.29) is 39.3 Å². The Balaban J connectivity index is 1.58. The van der Waals surface area contributed by atoms with E-state index in [1.54, 1.807) is 26.0 Å². The maximum absolute atomic E-state index is 13.2. The van der Waals surface area contributed by atoms with Gasteiger partial charge in [0.05, 0.1) is 23.3 Å². The van der Waals surface area contributed by atoms with Crippen molar-refractivity contribution >= 4 is 46.0 Å². The summed E-state index contributed by atoms with van der Waals surface area (Å²) in [5.74, 6) is -3.05. The van der Waals surface area contributed by atoms with Crippen molar-refractivity contribution in [3.8, 4) is 0 Å². The molecule has 190 valence electrons. The van der Waals surface area contributed by atoms with Crippen LogP contribution in [0.3, 0.4) is 0 Å². The van der Waals surface area contributed by atoms with Gasteiger partial charge in [-0.1, -0.05) is 18.6 Å². The molecule has 1 aromatic carbocycles. The number of imide groups is 1. The van der Waals surface area contributed by atoms with E-state index in [1.807, 2.05) is 0 Å². The Morgan fingerprint density at radius 2 is 1.67 bits per heavy atom.